The molecule has 1 aromatic rings. The molecule has 1 rings (SSSR count). The maximum atomic E-state index is 11.1. The monoisotopic (exact) mass is 241 g/mol. The van der Waals surface area contributed by atoms with Gasteiger partial charge in [-0.2, -0.15) is 0 Å². The van der Waals surface area contributed by atoms with Gasteiger partial charge in [-0.25, -0.2) is 0 Å². The smallest absolute Gasteiger partial charge is 0.267 e. The van der Waals surface area contributed by atoms with Crippen LogP contribution >= 0.6 is 0 Å². The van der Waals surface area contributed by atoms with Gasteiger partial charge in [0, 0.05) is 40.7 Å². The van der Waals surface area contributed by atoms with E-state index in [-0.39, 0.29) is 10.9 Å². The molecule has 0 spiro atoms. The zero-order chi connectivity index (χ0) is 12.1. The number of hydrogen-bond acceptors (Lipinski definition) is 4. The number of amides is 1. The molecule has 2 unspecified atom stereocenters. The van der Waals surface area contributed by atoms with Gasteiger partial charge in [-0.3, -0.25) is 14.0 Å². The van der Waals surface area contributed by atoms with E-state index >= 15 is 0 Å². The zero-order valence-corrected chi connectivity index (χ0v) is 10.1. The number of primary amides is 1. The Balaban J connectivity index is 2.64. The van der Waals surface area contributed by atoms with Gasteiger partial charge in [0.1, 0.15) is 5.69 Å². The average Bonchev–Trinajstić information content (AvgIpc) is 2.26. The molecule has 0 saturated carbocycles. The SMILES string of the molecule is CC(CNc1ccnc(C(N)=O)c1)S(C)=O. The Morgan fingerprint density at radius 3 is 2.94 bits per heavy atom. The number of anilines is 1. The van der Waals surface area contributed by atoms with Gasteiger partial charge in [0.2, 0.25) is 0 Å². The first-order chi connectivity index (χ1) is 7.50. The molecule has 16 heavy (non-hydrogen) atoms. The quantitative estimate of drug-likeness (QED) is 0.779. The minimum atomic E-state index is -0.868. The van der Waals surface area contributed by atoms with Gasteiger partial charge in [-0.15, -0.1) is 0 Å². The third-order valence-electron chi connectivity index (χ3n) is 2.17. The van der Waals surface area contributed by atoms with E-state index in [9.17, 15) is 9.00 Å². The molecule has 0 fully saturated rings. The lowest BCUT2D eigenvalue weighted by Gasteiger charge is -2.11. The van der Waals surface area contributed by atoms with Crippen LogP contribution in [0.15, 0.2) is 18.3 Å². The Morgan fingerprint density at radius 1 is 1.69 bits per heavy atom. The third kappa shape index (κ3) is 3.62. The molecule has 5 nitrogen and oxygen atoms in total. The highest BCUT2D eigenvalue weighted by Gasteiger charge is 2.07. The molecule has 0 aliphatic carbocycles. The Morgan fingerprint density at radius 2 is 2.38 bits per heavy atom. The first kappa shape index (κ1) is 12.6. The van der Waals surface area contributed by atoms with Crippen LogP contribution in [-0.2, 0) is 10.8 Å². The van der Waals surface area contributed by atoms with Gasteiger partial charge in [0.15, 0.2) is 0 Å². The number of pyridine rings is 1. The second-order valence-electron chi connectivity index (χ2n) is 3.48. The number of nitrogens with one attached hydrogen (secondary N) is 1. The van der Waals surface area contributed by atoms with E-state index in [2.05, 4.69) is 10.3 Å². The molecule has 0 aliphatic rings. The summed E-state index contributed by atoms with van der Waals surface area (Å²) in [4.78, 5) is 14.7. The Hall–Kier alpha value is -1.43. The molecule has 1 aromatic heterocycles. The molecule has 2 atom stereocenters. The van der Waals surface area contributed by atoms with Gasteiger partial charge >= 0.3 is 0 Å². The van der Waals surface area contributed by atoms with Crippen molar-refractivity contribution in [3.63, 3.8) is 0 Å². The molecule has 0 aliphatic heterocycles. The van der Waals surface area contributed by atoms with Crippen molar-refractivity contribution in [2.45, 2.75) is 12.2 Å². The van der Waals surface area contributed by atoms with Crippen LogP contribution in [0.2, 0.25) is 0 Å². The number of hydrogen-bond donors (Lipinski definition) is 2. The maximum absolute atomic E-state index is 11.1. The number of aromatic nitrogens is 1. The van der Waals surface area contributed by atoms with Crippen LogP contribution < -0.4 is 11.1 Å². The van der Waals surface area contributed by atoms with Crippen LogP contribution in [0.25, 0.3) is 0 Å². The summed E-state index contributed by atoms with van der Waals surface area (Å²) < 4.78 is 11.1. The standard InChI is InChI=1S/C10H15N3O2S/c1-7(16(2)15)6-13-8-3-4-12-9(5-8)10(11)14/h3-5,7H,6H2,1-2H3,(H2,11,14)(H,12,13). The van der Waals surface area contributed by atoms with Crippen molar-refractivity contribution in [2.24, 2.45) is 5.73 Å². The highest BCUT2D eigenvalue weighted by Crippen LogP contribution is 2.08. The minimum Gasteiger partial charge on any atom is -0.384 e. The van der Waals surface area contributed by atoms with E-state index in [1.54, 1.807) is 18.4 Å². The normalized spacial score (nSPS) is 14.1. The summed E-state index contributed by atoms with van der Waals surface area (Å²) in [6, 6.07) is 3.31. The lowest BCUT2D eigenvalue weighted by atomic mass is 10.3. The summed E-state index contributed by atoms with van der Waals surface area (Å²) in [5.41, 5.74) is 6.08. The van der Waals surface area contributed by atoms with Crippen molar-refractivity contribution >= 4 is 22.4 Å². The topological polar surface area (TPSA) is 85.1 Å². The fraction of sp³-hybridized carbons (Fsp3) is 0.400. The second kappa shape index (κ2) is 5.60. The highest BCUT2D eigenvalue weighted by molar-refractivity contribution is 7.84. The van der Waals surface area contributed by atoms with E-state index in [1.807, 2.05) is 6.92 Å². The first-order valence-electron chi connectivity index (χ1n) is 4.82. The summed E-state index contributed by atoms with van der Waals surface area (Å²) in [6.07, 6.45) is 3.17. The maximum Gasteiger partial charge on any atom is 0.267 e. The molecule has 3 N–H and O–H groups in total. The third-order valence-corrected chi connectivity index (χ3v) is 3.47. The number of carbonyl (C=O) groups is 1. The Bertz CT molecular complexity index is 409. The predicted octanol–water partition coefficient (Wildman–Crippen LogP) is 0.359. The van der Waals surface area contributed by atoms with Gasteiger partial charge < -0.3 is 11.1 Å². The molecular weight excluding hydrogens is 226 g/mol. The van der Waals surface area contributed by atoms with Crippen LogP contribution in [0.3, 0.4) is 0 Å². The zero-order valence-electron chi connectivity index (χ0n) is 9.27. The van der Waals surface area contributed by atoms with E-state index in [4.69, 9.17) is 5.73 Å². The molecule has 0 radical (unpaired) electrons. The van der Waals surface area contributed by atoms with Crippen LogP contribution in [-0.4, -0.2) is 33.2 Å². The first-order valence-corrected chi connectivity index (χ1v) is 6.44. The van der Waals surface area contributed by atoms with E-state index in [0.717, 1.165) is 5.69 Å². The van der Waals surface area contributed by atoms with Crippen LogP contribution in [0.4, 0.5) is 5.69 Å². The van der Waals surface area contributed by atoms with Crippen LogP contribution in [0.1, 0.15) is 17.4 Å². The lowest BCUT2D eigenvalue weighted by molar-refractivity contribution is 0.0995. The summed E-state index contributed by atoms with van der Waals surface area (Å²) in [6.45, 7) is 2.46. The van der Waals surface area contributed by atoms with E-state index in [1.165, 1.54) is 6.20 Å². The lowest BCUT2D eigenvalue weighted by Crippen LogP contribution is -2.21. The number of rotatable bonds is 5. The van der Waals surface area contributed by atoms with Gasteiger partial charge in [0.05, 0.1) is 0 Å². The molecule has 6 heteroatoms. The number of nitrogens with two attached hydrogens (primary N) is 1. The van der Waals surface area contributed by atoms with Crippen molar-refractivity contribution in [2.75, 3.05) is 18.1 Å². The molecule has 0 aromatic carbocycles. The summed E-state index contributed by atoms with van der Waals surface area (Å²) >= 11 is 0. The summed E-state index contributed by atoms with van der Waals surface area (Å²) in [7, 11) is -0.868. The van der Waals surface area contributed by atoms with E-state index in [0.29, 0.717) is 6.54 Å². The van der Waals surface area contributed by atoms with E-state index < -0.39 is 16.7 Å². The van der Waals surface area contributed by atoms with Gasteiger partial charge in [-0.05, 0) is 19.1 Å². The largest absolute Gasteiger partial charge is 0.384 e. The van der Waals surface area contributed by atoms with Gasteiger partial charge in [-0.1, -0.05) is 0 Å². The second-order valence-corrected chi connectivity index (χ2v) is 5.29. The Labute approximate surface area is 96.9 Å². The van der Waals surface area contributed by atoms with Crippen molar-refractivity contribution in [3.05, 3.63) is 24.0 Å². The summed E-state index contributed by atoms with van der Waals surface area (Å²) in [5, 5.41) is 3.13. The predicted molar refractivity (Wildman–Crippen MR) is 64.8 cm³/mol. The van der Waals surface area contributed by atoms with Crippen molar-refractivity contribution in [3.8, 4) is 0 Å². The molecular formula is C10H15N3O2S. The minimum absolute atomic E-state index is 0.0465. The van der Waals surface area contributed by atoms with Crippen molar-refractivity contribution < 1.29 is 9.00 Å². The molecule has 88 valence electrons. The van der Waals surface area contributed by atoms with Crippen molar-refractivity contribution in [1.82, 2.24) is 4.98 Å². The fourth-order valence-electron chi connectivity index (χ4n) is 1.05. The fourth-order valence-corrected chi connectivity index (χ4v) is 1.37. The van der Waals surface area contributed by atoms with Crippen LogP contribution in [0, 0.1) is 0 Å². The molecule has 1 heterocycles. The Kier molecular flexibility index (Phi) is 4.42. The molecule has 0 saturated heterocycles. The van der Waals surface area contributed by atoms with Crippen molar-refractivity contribution in [1.29, 1.82) is 0 Å². The molecule has 0 bridgehead atoms. The number of carbonyl (C=O) groups excluding carboxylic acids is 1. The summed E-state index contributed by atoms with van der Waals surface area (Å²) in [5.74, 6) is -0.559. The molecule has 1 amide bonds. The average molecular weight is 241 g/mol. The van der Waals surface area contributed by atoms with Crippen LogP contribution in [0.5, 0.6) is 0 Å². The number of nitrogens with zero attached hydrogens (tertiary/aromatic N) is 1. The highest BCUT2D eigenvalue weighted by atomic mass is 32.2. The van der Waals surface area contributed by atoms with Gasteiger partial charge in [0.25, 0.3) is 5.91 Å².